The minimum absolute atomic E-state index is 0.00187. The summed E-state index contributed by atoms with van der Waals surface area (Å²) in [6, 6.07) is 15.9. The first-order chi connectivity index (χ1) is 12.5. The number of carbonyl (C=O) groups excluding carboxylic acids is 2. The van der Waals surface area contributed by atoms with Gasteiger partial charge in [-0.2, -0.15) is 0 Å². The molecule has 1 unspecified atom stereocenters. The Balaban J connectivity index is 1.58. The Kier molecular flexibility index (Phi) is 5.71. The molecule has 1 aliphatic carbocycles. The molecular formula is C22H26N2O2. The van der Waals surface area contributed by atoms with Crippen molar-refractivity contribution in [3.05, 3.63) is 65.2 Å². The fourth-order valence-electron chi connectivity index (χ4n) is 3.33. The predicted molar refractivity (Wildman–Crippen MR) is 104 cm³/mol. The summed E-state index contributed by atoms with van der Waals surface area (Å²) in [5.41, 5.74) is 4.26. The Morgan fingerprint density at radius 3 is 2.54 bits per heavy atom. The number of benzene rings is 2. The number of hydrogen-bond acceptors (Lipinski definition) is 2. The second kappa shape index (κ2) is 8.17. The first-order valence-electron chi connectivity index (χ1n) is 9.30. The molecule has 2 aromatic rings. The molecule has 0 saturated carbocycles. The van der Waals surface area contributed by atoms with Gasteiger partial charge in [0.2, 0.25) is 11.8 Å². The van der Waals surface area contributed by atoms with Crippen molar-refractivity contribution in [3.63, 3.8) is 0 Å². The van der Waals surface area contributed by atoms with E-state index in [0.29, 0.717) is 6.54 Å². The number of rotatable bonds is 5. The summed E-state index contributed by atoms with van der Waals surface area (Å²) in [6.07, 6.45) is 3.02. The minimum Gasteiger partial charge on any atom is -0.351 e. The van der Waals surface area contributed by atoms with Crippen LogP contribution < -0.4 is 10.6 Å². The highest BCUT2D eigenvalue weighted by Crippen LogP contribution is 2.31. The summed E-state index contributed by atoms with van der Waals surface area (Å²) >= 11 is 0. The van der Waals surface area contributed by atoms with E-state index in [1.54, 1.807) is 0 Å². The van der Waals surface area contributed by atoms with Crippen LogP contribution in [0.1, 0.15) is 49.3 Å². The smallest absolute Gasteiger partial charge is 0.227 e. The standard InChI is InChI=1S/C22H26N2O2/c1-15(2)21(25)24-18-12-10-16(11-13-18)14-23-22(26)20-9-5-7-17-6-3-4-8-19(17)20/h3-4,6,8,10-13,15,20H,5,7,9,14H2,1-2H3,(H,23,26)(H,24,25). The largest absolute Gasteiger partial charge is 0.351 e. The third-order valence-electron chi connectivity index (χ3n) is 4.90. The van der Waals surface area contributed by atoms with Crippen molar-refractivity contribution >= 4 is 17.5 Å². The maximum Gasteiger partial charge on any atom is 0.227 e. The first-order valence-corrected chi connectivity index (χ1v) is 9.30. The van der Waals surface area contributed by atoms with Gasteiger partial charge in [0.05, 0.1) is 5.92 Å². The monoisotopic (exact) mass is 350 g/mol. The Morgan fingerprint density at radius 2 is 1.81 bits per heavy atom. The molecule has 4 heteroatoms. The molecule has 0 heterocycles. The van der Waals surface area contributed by atoms with Crippen LogP contribution in [0.25, 0.3) is 0 Å². The maximum atomic E-state index is 12.7. The van der Waals surface area contributed by atoms with Gasteiger partial charge in [-0.05, 0) is 48.1 Å². The Morgan fingerprint density at radius 1 is 1.08 bits per heavy atom. The van der Waals surface area contributed by atoms with Gasteiger partial charge in [-0.1, -0.05) is 50.2 Å². The van der Waals surface area contributed by atoms with Crippen LogP contribution in [0.15, 0.2) is 48.5 Å². The van der Waals surface area contributed by atoms with Gasteiger partial charge in [0.1, 0.15) is 0 Å². The van der Waals surface area contributed by atoms with Crippen LogP contribution in [0, 0.1) is 5.92 Å². The lowest BCUT2D eigenvalue weighted by Gasteiger charge is -2.24. The van der Waals surface area contributed by atoms with Crippen LogP contribution in [0.3, 0.4) is 0 Å². The van der Waals surface area contributed by atoms with E-state index in [1.807, 2.05) is 50.2 Å². The van der Waals surface area contributed by atoms with Crippen molar-refractivity contribution in [2.45, 2.75) is 45.6 Å². The number of amides is 2. The number of fused-ring (bicyclic) bond motifs is 1. The fourth-order valence-corrected chi connectivity index (χ4v) is 3.33. The van der Waals surface area contributed by atoms with Crippen molar-refractivity contribution in [1.82, 2.24) is 5.32 Å². The van der Waals surface area contributed by atoms with Crippen LogP contribution in [-0.2, 0) is 22.6 Å². The average molecular weight is 350 g/mol. The molecule has 3 rings (SSSR count). The van der Waals surface area contributed by atoms with Crippen molar-refractivity contribution < 1.29 is 9.59 Å². The van der Waals surface area contributed by atoms with Gasteiger partial charge >= 0.3 is 0 Å². The molecule has 0 fully saturated rings. The Labute approximate surface area is 155 Å². The highest BCUT2D eigenvalue weighted by molar-refractivity contribution is 5.92. The van der Waals surface area contributed by atoms with Crippen LogP contribution >= 0.6 is 0 Å². The molecule has 0 aromatic heterocycles. The third kappa shape index (κ3) is 4.31. The van der Waals surface area contributed by atoms with Crippen molar-refractivity contribution in [2.75, 3.05) is 5.32 Å². The molecule has 1 aliphatic rings. The van der Waals surface area contributed by atoms with E-state index in [1.165, 1.54) is 11.1 Å². The Bertz CT molecular complexity index is 781. The van der Waals surface area contributed by atoms with Crippen LogP contribution in [0.4, 0.5) is 5.69 Å². The summed E-state index contributed by atoms with van der Waals surface area (Å²) in [5.74, 6) is -0.00626. The molecule has 1 atom stereocenters. The molecule has 0 spiro atoms. The molecule has 2 aromatic carbocycles. The van der Waals surface area contributed by atoms with Gasteiger partial charge < -0.3 is 10.6 Å². The fraction of sp³-hybridized carbons (Fsp3) is 0.364. The average Bonchev–Trinajstić information content (AvgIpc) is 2.66. The van der Waals surface area contributed by atoms with Gasteiger partial charge in [-0.25, -0.2) is 0 Å². The van der Waals surface area contributed by atoms with E-state index in [2.05, 4.69) is 22.8 Å². The predicted octanol–water partition coefficient (Wildman–Crippen LogP) is 4.02. The lowest BCUT2D eigenvalue weighted by atomic mass is 9.82. The number of anilines is 1. The zero-order valence-corrected chi connectivity index (χ0v) is 15.4. The van der Waals surface area contributed by atoms with Gasteiger partial charge in [-0.15, -0.1) is 0 Å². The molecule has 0 aliphatic heterocycles. The van der Waals surface area contributed by atoms with Crippen molar-refractivity contribution in [3.8, 4) is 0 Å². The molecule has 26 heavy (non-hydrogen) atoms. The highest BCUT2D eigenvalue weighted by atomic mass is 16.2. The first kappa shape index (κ1) is 18.2. The van der Waals surface area contributed by atoms with E-state index in [4.69, 9.17) is 0 Å². The summed E-state index contributed by atoms with van der Waals surface area (Å²) in [6.45, 7) is 4.22. The van der Waals surface area contributed by atoms with Gasteiger partial charge in [0.15, 0.2) is 0 Å². The summed E-state index contributed by atoms with van der Waals surface area (Å²) in [5, 5.41) is 5.93. The summed E-state index contributed by atoms with van der Waals surface area (Å²) in [7, 11) is 0. The second-order valence-electron chi connectivity index (χ2n) is 7.20. The molecule has 4 nitrogen and oxygen atoms in total. The van der Waals surface area contributed by atoms with Crippen molar-refractivity contribution in [2.24, 2.45) is 5.92 Å². The van der Waals surface area contributed by atoms with E-state index in [0.717, 1.165) is 30.5 Å². The summed E-state index contributed by atoms with van der Waals surface area (Å²) in [4.78, 5) is 24.4. The number of hydrogen-bond donors (Lipinski definition) is 2. The van der Waals surface area contributed by atoms with Gasteiger partial charge in [0, 0.05) is 18.2 Å². The number of carbonyl (C=O) groups is 2. The SMILES string of the molecule is CC(C)C(=O)Nc1ccc(CNC(=O)C2CCCc3ccccc32)cc1. The third-order valence-corrected chi connectivity index (χ3v) is 4.90. The molecule has 136 valence electrons. The van der Waals surface area contributed by atoms with Gasteiger partial charge in [-0.3, -0.25) is 9.59 Å². The molecule has 0 bridgehead atoms. The van der Waals surface area contributed by atoms with Crippen molar-refractivity contribution in [1.29, 1.82) is 0 Å². The van der Waals surface area contributed by atoms with Crippen LogP contribution in [-0.4, -0.2) is 11.8 Å². The molecule has 0 radical (unpaired) electrons. The molecule has 2 N–H and O–H groups in total. The van der Waals surface area contributed by atoms with E-state index < -0.39 is 0 Å². The number of nitrogens with one attached hydrogen (secondary N) is 2. The molecule has 0 saturated heterocycles. The zero-order valence-electron chi connectivity index (χ0n) is 15.4. The lowest BCUT2D eigenvalue weighted by Crippen LogP contribution is -2.31. The molecule has 2 amide bonds. The zero-order chi connectivity index (χ0) is 18.5. The normalized spacial score (nSPS) is 16.0. The highest BCUT2D eigenvalue weighted by Gasteiger charge is 2.25. The van der Waals surface area contributed by atoms with Gasteiger partial charge in [0.25, 0.3) is 0 Å². The van der Waals surface area contributed by atoms with E-state index in [9.17, 15) is 9.59 Å². The minimum atomic E-state index is -0.0513. The lowest BCUT2D eigenvalue weighted by molar-refractivity contribution is -0.123. The topological polar surface area (TPSA) is 58.2 Å². The van der Waals surface area contributed by atoms with E-state index >= 15 is 0 Å². The van der Waals surface area contributed by atoms with Crippen LogP contribution in [0.2, 0.25) is 0 Å². The Hall–Kier alpha value is -2.62. The van der Waals surface area contributed by atoms with E-state index in [-0.39, 0.29) is 23.7 Å². The van der Waals surface area contributed by atoms with Crippen LogP contribution in [0.5, 0.6) is 0 Å². The summed E-state index contributed by atoms with van der Waals surface area (Å²) < 4.78 is 0. The molecular weight excluding hydrogens is 324 g/mol. The number of aryl methyl sites for hydroxylation is 1. The quantitative estimate of drug-likeness (QED) is 0.856. The maximum absolute atomic E-state index is 12.7. The second-order valence-corrected chi connectivity index (χ2v) is 7.20.